The number of H-pyrrole nitrogens is 6. The number of fused-ring (bicyclic) bond motifs is 7. The molecular formula is C67H87N15O41P6S6. The van der Waals surface area contributed by atoms with Gasteiger partial charge in [0, 0.05) is 72.3 Å². The quantitative estimate of drug-likeness (QED) is 0.0166. The van der Waals surface area contributed by atoms with Crippen LogP contribution in [0.1, 0.15) is 92.4 Å². The Kier molecular flexibility index (Phi) is 28.6. The maximum absolute atomic E-state index is 13.9. The summed E-state index contributed by atoms with van der Waals surface area (Å²) < 4.78 is 134. The lowest BCUT2D eigenvalue weighted by Crippen LogP contribution is -2.52. The molecule has 0 saturated carbocycles. The fourth-order valence-electron chi connectivity index (χ4n) is 17.2. The van der Waals surface area contributed by atoms with Gasteiger partial charge in [-0.05, 0) is 126 Å². The van der Waals surface area contributed by atoms with Gasteiger partial charge in [-0.15, -0.1) is 0 Å². The average molecular weight is 2140 g/mol. The highest BCUT2D eigenvalue weighted by Gasteiger charge is 2.73. The number of nitrogens with one attached hydrogen (secondary N) is 6. The number of hydrogen-bond acceptors (Lipinski definition) is 44. The van der Waals surface area contributed by atoms with Crippen LogP contribution in [0.5, 0.6) is 0 Å². The minimum Gasteiger partial charge on any atom is -0.393 e. The first kappa shape index (κ1) is 102. The van der Waals surface area contributed by atoms with E-state index < -0.39 is 306 Å². The average Bonchev–Trinajstić information content (AvgIpc) is 1.55. The van der Waals surface area contributed by atoms with Crippen LogP contribution in [-0.2, 0) is 168 Å². The number of rotatable bonds is 35. The Morgan fingerprint density at radius 1 is 0.430 bits per heavy atom. The van der Waals surface area contributed by atoms with Gasteiger partial charge < -0.3 is 125 Å². The molecule has 0 spiro atoms. The summed E-state index contributed by atoms with van der Waals surface area (Å²) in [6.45, 7) is -23.3. The number of imidazole rings is 1. The maximum Gasteiger partial charge on any atom is 0.330 e. The molecule has 32 atom stereocenters. The lowest BCUT2D eigenvalue weighted by atomic mass is 9.94. The number of nitrogens with zero attached hydrogens (tertiary/aromatic N) is 8. The second-order valence-corrected chi connectivity index (χ2v) is 49.6. The Morgan fingerprint density at radius 3 is 1.13 bits per heavy atom. The van der Waals surface area contributed by atoms with E-state index in [0.717, 1.165) is 61.1 Å². The second kappa shape index (κ2) is 37.8. The zero-order valence-electron chi connectivity index (χ0n) is 71.1. The molecule has 7 aromatic rings. The molecule has 16 rings (SSSR count). The molecule has 68 heteroatoms. The normalized spacial score (nSPS) is 35.1. The summed E-state index contributed by atoms with van der Waals surface area (Å²) >= 11 is 33.3. The Hall–Kier alpha value is -5.75. The first-order valence-corrected chi connectivity index (χ1v) is 55.8. The van der Waals surface area contributed by atoms with Crippen molar-refractivity contribution in [2.75, 3.05) is 52.5 Å². The second-order valence-electron chi connectivity index (χ2n) is 32.7. The topological polar surface area (TPSA) is 740 Å². The Labute approximate surface area is 784 Å². The molecule has 742 valence electrons. The van der Waals surface area contributed by atoms with Crippen molar-refractivity contribution in [2.45, 2.75) is 220 Å². The van der Waals surface area contributed by atoms with E-state index in [1.165, 1.54) is 66.2 Å². The standard InChI is InChI=1S/C67H87N15O41P6S6/c1-23-11-77(60(92)72-48(23)86)54-37(84)39(119-124(97,130)103-9)33(113-54)18-106-126(99,132)120-40-34(114-55(38(40)85)78-12-24(2)49(87)73-61(78)93)17-105-125(98,131)118-31-10-35(82-22-69-36-47(82)70-59(68)71-53(36)91)112-32(31)16-104-127(100,133)122-45-42-57(80-14-26(4)51(89)75-63(80)95)116-66(45,29(7)110-42)20-108-129(102,135)123-46-43-58(81-15-27(5)52(90)76-64(81)96)117-67(46,30(8)111-43)21-107-128(101,134)121-44-41-56(115-65(44,19-83)28(6)109-41)79-13-25(3)50(88)74-62(79)94/h11-15,22,28-35,37-46,54-58,83-85H,10,16-21H2,1-9H3,(H,97,130)(H,98,131)(H,99,132)(H,100,133)(H,101,134)(H,102,135)(H,72,86,92)(H,73,87,93)(H,74,88,94)(H,75,89,95)(H,76,90,96)(H3,68,70,71,91)/t28-,29-,30-,31+,32+,33+,34+,35+,37?,38?,39-,40-,41?,42?,43?,44+,45+,46+,54+,55+,56+,57+,58+,65-,66-,67-,124?,125?,126?,127?,128?,129?/m0/s1. The van der Waals surface area contributed by atoms with Gasteiger partial charge >= 0.3 is 68.8 Å². The monoisotopic (exact) mass is 2140 g/mol. The molecule has 9 aliphatic rings. The zero-order chi connectivity index (χ0) is 97.9. The van der Waals surface area contributed by atoms with E-state index in [0.29, 0.717) is 0 Å². The summed E-state index contributed by atoms with van der Waals surface area (Å²) in [5.41, 5.74) is -10.7. The predicted molar refractivity (Wildman–Crippen MR) is 475 cm³/mol. The Bertz CT molecular complexity index is 6900. The highest BCUT2D eigenvalue weighted by Crippen LogP contribution is 2.64. The molecular weight excluding hydrogens is 2050 g/mol. The molecule has 0 aromatic carbocycles. The number of aliphatic hydroxyl groups is 3. The van der Waals surface area contributed by atoms with Gasteiger partial charge in [0.25, 0.3) is 33.4 Å². The lowest BCUT2D eigenvalue weighted by molar-refractivity contribution is -0.219. The number of aromatic amines is 6. The van der Waals surface area contributed by atoms with Crippen LogP contribution in [0.4, 0.5) is 5.95 Å². The summed E-state index contributed by atoms with van der Waals surface area (Å²) in [7, 11) is 0.986. The molecule has 0 aliphatic carbocycles. The van der Waals surface area contributed by atoms with Gasteiger partial charge in [-0.25, -0.2) is 29.0 Å². The van der Waals surface area contributed by atoms with Crippen LogP contribution in [0, 0.1) is 34.6 Å². The first-order valence-electron chi connectivity index (χ1n) is 40.2. The number of ether oxygens (including phenoxy) is 9. The predicted octanol–water partition coefficient (Wildman–Crippen LogP) is -4.70. The highest BCUT2D eigenvalue weighted by atomic mass is 32.5. The van der Waals surface area contributed by atoms with Crippen molar-refractivity contribution in [3.63, 3.8) is 0 Å². The fraction of sp³-hybridized carbons (Fsp3) is 0.627. The minimum atomic E-state index is -5.02. The third-order valence-corrected chi connectivity index (χ3v) is 33.5. The Morgan fingerprint density at radius 2 is 0.756 bits per heavy atom. The van der Waals surface area contributed by atoms with Gasteiger partial charge in [0.15, 0.2) is 42.3 Å². The van der Waals surface area contributed by atoms with Gasteiger partial charge in [-0.1, -0.05) is 0 Å². The van der Waals surface area contributed by atoms with E-state index >= 15 is 0 Å². The van der Waals surface area contributed by atoms with Crippen molar-refractivity contribution >= 4 is 128 Å². The molecule has 6 bridgehead atoms. The number of nitrogen functional groups attached to an aromatic ring is 1. The summed E-state index contributed by atoms with van der Waals surface area (Å²) in [6, 6.07) is 0. The molecule has 7 aromatic heterocycles. The number of nitrogens with two attached hydrogens (primary N) is 1. The van der Waals surface area contributed by atoms with Crippen molar-refractivity contribution in [1.29, 1.82) is 0 Å². The number of hydrogen-bond donors (Lipinski definition) is 16. The smallest absolute Gasteiger partial charge is 0.330 e. The molecule has 17 N–H and O–H groups in total. The van der Waals surface area contributed by atoms with E-state index in [1.54, 1.807) is 0 Å². The number of aryl methyl sites for hydroxylation is 5. The first-order chi connectivity index (χ1) is 63.1. The molecule has 9 aliphatic heterocycles. The fourth-order valence-corrected chi connectivity index (χ4v) is 25.4. The van der Waals surface area contributed by atoms with Crippen molar-refractivity contribution in [3.05, 3.63) is 180 Å². The van der Waals surface area contributed by atoms with Crippen LogP contribution in [0.25, 0.3) is 11.2 Å². The number of anilines is 1. The number of aliphatic hydroxyl groups excluding tert-OH is 3. The lowest BCUT2D eigenvalue weighted by Gasteiger charge is -2.38. The minimum absolute atomic E-state index is 0.00480. The molecule has 56 nitrogen and oxygen atoms in total. The molecule has 0 amide bonds. The van der Waals surface area contributed by atoms with Crippen LogP contribution in [-0.4, -0.2) is 279 Å². The van der Waals surface area contributed by atoms with Crippen molar-refractivity contribution < 1.29 is 142 Å². The van der Waals surface area contributed by atoms with Crippen molar-refractivity contribution in [3.8, 4) is 0 Å². The van der Waals surface area contributed by atoms with Gasteiger partial charge in [-0.3, -0.25) is 109 Å². The van der Waals surface area contributed by atoms with Crippen LogP contribution in [0.2, 0.25) is 0 Å². The van der Waals surface area contributed by atoms with E-state index in [4.69, 9.17) is 173 Å². The van der Waals surface area contributed by atoms with Gasteiger partial charge in [0.1, 0.15) is 102 Å². The van der Waals surface area contributed by atoms with Crippen LogP contribution in [0.15, 0.2) is 90.1 Å². The van der Waals surface area contributed by atoms with E-state index in [2.05, 4.69) is 39.9 Å². The summed E-state index contributed by atoms with van der Waals surface area (Å²) in [4.78, 5) is 237. The summed E-state index contributed by atoms with van der Waals surface area (Å²) in [6.07, 6.45) is -31.0. The van der Waals surface area contributed by atoms with Crippen molar-refractivity contribution in [1.82, 2.24) is 67.3 Å². The van der Waals surface area contributed by atoms with Gasteiger partial charge in [0.05, 0.1) is 70.4 Å². The van der Waals surface area contributed by atoms with Gasteiger partial charge in [0.2, 0.25) is 5.95 Å². The Balaban J connectivity index is 0.655. The molecule has 11 unspecified atom stereocenters. The maximum atomic E-state index is 13.9. The molecule has 0 radical (unpaired) electrons. The van der Waals surface area contributed by atoms with Gasteiger partial charge in [-0.2, -0.15) is 4.98 Å². The third-order valence-electron chi connectivity index (χ3n) is 24.1. The summed E-state index contributed by atoms with van der Waals surface area (Å²) in [5, 5.41) is 34.6. The highest BCUT2D eigenvalue weighted by molar-refractivity contribution is 8.08. The molecule has 9 saturated heterocycles. The van der Waals surface area contributed by atoms with E-state index in [1.807, 2.05) is 0 Å². The third kappa shape index (κ3) is 19.7. The van der Waals surface area contributed by atoms with Crippen LogP contribution < -0.4 is 67.5 Å². The van der Waals surface area contributed by atoms with E-state index in [-0.39, 0.29) is 44.9 Å². The molecule has 9 fully saturated rings. The SMILES string of the molecule is COP(O)(=S)O[C@@H]1C(O)[C@H](n2cc(C)c(=O)[nH]c2=O)O[C@@H]1COP(O)(=S)O[C@@H]1C(O)[C@H](n2cc(C)c(=O)[nH]c2=O)O[C@@H]1COP(O)(=S)O[C@@H]1C[C@H](n2cnc3c(=O)[nH]c(N)nc32)O[C@@H]1COP(O)(=S)O[C@@H]1C2O[C@@H](C)[C@]1(COP(O)(=S)O[C@@H]1C3O[C@@H](C)[C@]1(COP(O)(=S)O[C@@H]1C4O[C@@H](C)[C@]1(CO)O[C@H]4n1cc(C)c(=O)[nH]c1=O)O[C@H]3n1cc(C)c(=O)[nH]c1=O)O[C@H]2n1cc(C)c(=O)[nH]c1=O. The largest absolute Gasteiger partial charge is 0.393 e. The van der Waals surface area contributed by atoms with Crippen LogP contribution in [0.3, 0.4) is 0 Å². The zero-order valence-corrected chi connectivity index (χ0v) is 81.3. The van der Waals surface area contributed by atoms with Crippen molar-refractivity contribution in [2.24, 2.45) is 0 Å². The number of aromatic nitrogens is 14. The molecule has 135 heavy (non-hydrogen) atoms. The van der Waals surface area contributed by atoms with E-state index in [9.17, 15) is 97.4 Å². The molecule has 16 heterocycles. The van der Waals surface area contributed by atoms with Crippen LogP contribution >= 0.6 is 40.3 Å². The summed E-state index contributed by atoms with van der Waals surface area (Å²) in [5.74, 6) is -0.378.